The van der Waals surface area contributed by atoms with E-state index in [-0.39, 0.29) is 4.47 Å². The van der Waals surface area contributed by atoms with Crippen molar-refractivity contribution >= 4 is 21.6 Å². The van der Waals surface area contributed by atoms with Gasteiger partial charge in [0.25, 0.3) is 5.69 Å². The van der Waals surface area contributed by atoms with Gasteiger partial charge < -0.3 is 0 Å². The molecule has 0 atom stereocenters. The molecule has 1 aromatic rings. The molecule has 0 aliphatic heterocycles. The number of hydrogen-bond donors (Lipinski definition) is 0. The average Bonchev–Trinajstić information content (AvgIpc) is 2.02. The van der Waals surface area contributed by atoms with Crippen LogP contribution in [0.5, 0.6) is 0 Å². The lowest BCUT2D eigenvalue weighted by Crippen LogP contribution is -2.05. The van der Waals surface area contributed by atoms with Crippen molar-refractivity contribution in [3.8, 4) is 0 Å². The molecule has 0 aliphatic carbocycles. The quantitative estimate of drug-likeness (QED) is 0.580. The molecule has 0 radical (unpaired) electrons. The Kier molecular flexibility index (Phi) is 2.79. The second-order valence-corrected chi connectivity index (χ2v) is 3.28. The lowest BCUT2D eigenvalue weighted by molar-refractivity contribution is -0.385. The average molecular weight is 270 g/mol. The van der Waals surface area contributed by atoms with E-state index in [9.17, 15) is 23.3 Å². The van der Waals surface area contributed by atoms with Crippen LogP contribution in [0.15, 0.2) is 22.7 Å². The number of halogens is 4. The number of rotatable bonds is 1. The summed E-state index contributed by atoms with van der Waals surface area (Å²) < 4.78 is 36.4. The molecule has 0 aliphatic rings. The van der Waals surface area contributed by atoms with Gasteiger partial charge in [-0.2, -0.15) is 13.2 Å². The topological polar surface area (TPSA) is 43.1 Å². The van der Waals surface area contributed by atoms with Crippen LogP contribution in [0.4, 0.5) is 18.9 Å². The smallest absolute Gasteiger partial charge is 0.258 e. The summed E-state index contributed by atoms with van der Waals surface area (Å²) in [5.74, 6) is 0. The van der Waals surface area contributed by atoms with Gasteiger partial charge in [-0.1, -0.05) is 0 Å². The maximum absolute atomic E-state index is 12.1. The Morgan fingerprint density at radius 2 is 1.93 bits per heavy atom. The van der Waals surface area contributed by atoms with Crippen molar-refractivity contribution in [3.63, 3.8) is 0 Å². The van der Waals surface area contributed by atoms with Crippen molar-refractivity contribution in [2.24, 2.45) is 0 Å². The van der Waals surface area contributed by atoms with Gasteiger partial charge in [0.05, 0.1) is 15.0 Å². The summed E-state index contributed by atoms with van der Waals surface area (Å²) in [6, 6.07) is 2.27. The molecule has 0 bridgehead atoms. The highest BCUT2D eigenvalue weighted by atomic mass is 79.9. The van der Waals surface area contributed by atoms with Crippen molar-refractivity contribution in [2.45, 2.75) is 6.18 Å². The van der Waals surface area contributed by atoms with E-state index >= 15 is 0 Å². The van der Waals surface area contributed by atoms with E-state index in [1.165, 1.54) is 0 Å². The maximum Gasteiger partial charge on any atom is 0.416 e. The molecule has 14 heavy (non-hydrogen) atoms. The maximum atomic E-state index is 12.1. The molecule has 0 saturated carbocycles. The molecule has 0 heterocycles. The van der Waals surface area contributed by atoms with E-state index in [0.29, 0.717) is 6.07 Å². The number of benzene rings is 1. The van der Waals surface area contributed by atoms with E-state index < -0.39 is 22.4 Å². The lowest BCUT2D eigenvalue weighted by Gasteiger charge is -2.05. The van der Waals surface area contributed by atoms with Gasteiger partial charge in [0, 0.05) is 6.07 Å². The van der Waals surface area contributed by atoms with Gasteiger partial charge >= 0.3 is 6.18 Å². The van der Waals surface area contributed by atoms with Crippen molar-refractivity contribution < 1.29 is 18.1 Å². The Hall–Kier alpha value is -1.11. The van der Waals surface area contributed by atoms with Crippen LogP contribution >= 0.6 is 15.9 Å². The van der Waals surface area contributed by atoms with Crippen molar-refractivity contribution in [1.82, 2.24) is 0 Å². The zero-order valence-electron chi connectivity index (χ0n) is 6.51. The van der Waals surface area contributed by atoms with Crippen LogP contribution in [-0.4, -0.2) is 4.92 Å². The molecule has 0 aromatic heterocycles. The minimum absolute atomic E-state index is 0.0236. The van der Waals surface area contributed by atoms with E-state index in [4.69, 9.17) is 0 Å². The van der Waals surface area contributed by atoms with Gasteiger partial charge in [-0.05, 0) is 28.1 Å². The van der Waals surface area contributed by atoms with Crippen molar-refractivity contribution in [2.75, 3.05) is 0 Å². The van der Waals surface area contributed by atoms with Crippen molar-refractivity contribution in [1.29, 1.82) is 0 Å². The Bertz CT molecular complexity index is 378. The van der Waals surface area contributed by atoms with Gasteiger partial charge in [-0.25, -0.2) is 0 Å². The van der Waals surface area contributed by atoms with Crippen LogP contribution in [0.25, 0.3) is 0 Å². The van der Waals surface area contributed by atoms with Crippen LogP contribution in [0.1, 0.15) is 5.56 Å². The monoisotopic (exact) mass is 269 g/mol. The zero-order valence-corrected chi connectivity index (χ0v) is 8.09. The lowest BCUT2D eigenvalue weighted by atomic mass is 10.2. The zero-order chi connectivity index (χ0) is 10.9. The van der Waals surface area contributed by atoms with Crippen molar-refractivity contribution in [3.05, 3.63) is 38.3 Å². The first-order chi connectivity index (χ1) is 6.32. The standard InChI is InChI=1S/C7H3BrF3NO2/c8-5-2-1-4(7(9,10)11)3-6(5)12(13)14/h1-3H. The van der Waals surface area contributed by atoms with Gasteiger partial charge in [-0.3, -0.25) is 10.1 Å². The molecule has 0 amide bonds. The number of hydrogen-bond acceptors (Lipinski definition) is 2. The van der Waals surface area contributed by atoms with E-state index in [2.05, 4.69) is 15.9 Å². The molecule has 0 spiro atoms. The Balaban J connectivity index is 3.27. The first-order valence-corrected chi connectivity index (χ1v) is 4.13. The molecule has 0 saturated heterocycles. The van der Waals surface area contributed by atoms with Gasteiger partial charge in [0.2, 0.25) is 0 Å². The number of alkyl halides is 3. The molecule has 1 aromatic carbocycles. The SMILES string of the molecule is O=[N+]([O-])c1cc(C(F)(F)F)ccc1Br. The summed E-state index contributed by atoms with van der Waals surface area (Å²) in [6.07, 6.45) is -4.56. The Labute approximate surface area is 84.8 Å². The van der Waals surface area contributed by atoms with E-state index in [0.717, 1.165) is 12.1 Å². The highest BCUT2D eigenvalue weighted by Crippen LogP contribution is 2.34. The fourth-order valence-electron chi connectivity index (χ4n) is 0.829. The fourth-order valence-corrected chi connectivity index (χ4v) is 1.22. The first kappa shape index (κ1) is 11.0. The second-order valence-electron chi connectivity index (χ2n) is 2.42. The van der Waals surface area contributed by atoms with Crippen LogP contribution in [-0.2, 0) is 6.18 Å². The summed E-state index contributed by atoms with van der Waals surface area (Å²) in [5.41, 5.74) is -1.63. The summed E-state index contributed by atoms with van der Waals surface area (Å²) in [4.78, 5) is 9.43. The third-order valence-electron chi connectivity index (χ3n) is 1.47. The summed E-state index contributed by atoms with van der Waals surface area (Å²) >= 11 is 2.79. The normalized spacial score (nSPS) is 11.4. The van der Waals surface area contributed by atoms with Gasteiger partial charge in [0.15, 0.2) is 0 Å². The van der Waals surface area contributed by atoms with E-state index in [1.54, 1.807) is 0 Å². The highest BCUT2D eigenvalue weighted by Gasteiger charge is 2.32. The molecule has 0 N–H and O–H groups in total. The largest absolute Gasteiger partial charge is 0.416 e. The molecular weight excluding hydrogens is 267 g/mol. The second kappa shape index (κ2) is 3.56. The van der Waals surface area contributed by atoms with Crippen LogP contribution in [0.3, 0.4) is 0 Å². The summed E-state index contributed by atoms with van der Waals surface area (Å²) in [7, 11) is 0. The number of nitro benzene ring substituents is 1. The molecule has 3 nitrogen and oxygen atoms in total. The highest BCUT2D eigenvalue weighted by molar-refractivity contribution is 9.10. The first-order valence-electron chi connectivity index (χ1n) is 3.33. The minimum Gasteiger partial charge on any atom is -0.258 e. The molecule has 1 rings (SSSR count). The molecule has 0 unspecified atom stereocenters. The summed E-state index contributed by atoms with van der Waals surface area (Å²) in [5, 5.41) is 10.3. The minimum atomic E-state index is -4.56. The third-order valence-corrected chi connectivity index (χ3v) is 2.14. The molecule has 76 valence electrons. The number of nitro groups is 1. The predicted octanol–water partition coefficient (Wildman–Crippen LogP) is 3.38. The van der Waals surface area contributed by atoms with Gasteiger partial charge in [-0.15, -0.1) is 0 Å². The predicted molar refractivity (Wildman–Crippen MR) is 45.8 cm³/mol. The van der Waals surface area contributed by atoms with Crippen LogP contribution in [0.2, 0.25) is 0 Å². The van der Waals surface area contributed by atoms with Crippen LogP contribution in [0, 0.1) is 10.1 Å². The summed E-state index contributed by atoms with van der Waals surface area (Å²) in [6.45, 7) is 0. The molecule has 0 fully saturated rings. The van der Waals surface area contributed by atoms with Crippen LogP contribution < -0.4 is 0 Å². The van der Waals surface area contributed by atoms with Gasteiger partial charge in [0.1, 0.15) is 0 Å². The fraction of sp³-hybridized carbons (Fsp3) is 0.143. The van der Waals surface area contributed by atoms with E-state index in [1.807, 2.05) is 0 Å². The number of nitrogens with zero attached hydrogens (tertiary/aromatic N) is 1. The Morgan fingerprint density at radius 3 is 2.36 bits per heavy atom. The third kappa shape index (κ3) is 2.22. The molecule has 7 heteroatoms. The molecular formula is C7H3BrF3NO2. The Morgan fingerprint density at radius 1 is 1.36 bits per heavy atom.